The fourth-order valence-electron chi connectivity index (χ4n) is 2.25. The van der Waals surface area contributed by atoms with Crippen molar-refractivity contribution < 1.29 is 9.59 Å². The molecule has 6 heteroatoms. The first kappa shape index (κ1) is 19.8. The summed E-state index contributed by atoms with van der Waals surface area (Å²) in [6.07, 6.45) is 0.282. The minimum Gasteiger partial charge on any atom is -0.359 e. The monoisotopic (exact) mass is 371 g/mol. The number of nitrogens with zero attached hydrogens (tertiary/aromatic N) is 1. The van der Waals surface area contributed by atoms with E-state index in [0.29, 0.717) is 6.54 Å². The molecule has 2 aromatic rings. The highest BCUT2D eigenvalue weighted by Gasteiger charge is 2.12. The van der Waals surface area contributed by atoms with Crippen LogP contribution in [0.4, 0.5) is 10.5 Å². The van der Waals surface area contributed by atoms with Crippen molar-refractivity contribution in [2.24, 2.45) is 0 Å². The van der Waals surface area contributed by atoms with Crippen LogP contribution in [0.2, 0.25) is 0 Å². The van der Waals surface area contributed by atoms with Crippen molar-refractivity contribution in [2.45, 2.75) is 24.0 Å². The van der Waals surface area contributed by atoms with E-state index in [0.717, 1.165) is 16.3 Å². The van der Waals surface area contributed by atoms with Gasteiger partial charge in [-0.05, 0) is 24.6 Å². The highest BCUT2D eigenvalue weighted by Crippen LogP contribution is 2.30. The van der Waals surface area contributed by atoms with Gasteiger partial charge in [0, 0.05) is 37.7 Å². The van der Waals surface area contributed by atoms with Crippen molar-refractivity contribution in [2.75, 3.05) is 26.0 Å². The van der Waals surface area contributed by atoms with Crippen molar-refractivity contribution in [3.63, 3.8) is 0 Å². The maximum Gasteiger partial charge on any atom is 0.321 e. The number of anilines is 1. The van der Waals surface area contributed by atoms with E-state index in [1.807, 2.05) is 24.3 Å². The lowest BCUT2D eigenvalue weighted by atomic mass is 10.2. The van der Waals surface area contributed by atoms with Crippen LogP contribution in [0.1, 0.15) is 17.5 Å². The van der Waals surface area contributed by atoms with Crippen molar-refractivity contribution >= 4 is 29.4 Å². The van der Waals surface area contributed by atoms with Gasteiger partial charge in [0.15, 0.2) is 0 Å². The van der Waals surface area contributed by atoms with E-state index in [-0.39, 0.29) is 18.4 Å². The molecule has 5 nitrogen and oxygen atoms in total. The topological polar surface area (TPSA) is 61.4 Å². The van der Waals surface area contributed by atoms with E-state index in [1.54, 1.807) is 25.9 Å². The molecule has 0 spiro atoms. The minimum absolute atomic E-state index is 0.0845. The van der Waals surface area contributed by atoms with Gasteiger partial charge in [-0.15, -0.1) is 11.8 Å². The van der Waals surface area contributed by atoms with Gasteiger partial charge in [-0.1, -0.05) is 42.0 Å². The Morgan fingerprint density at radius 3 is 2.46 bits per heavy atom. The molecule has 3 amide bonds. The lowest BCUT2D eigenvalue weighted by Crippen LogP contribution is -2.34. The van der Waals surface area contributed by atoms with Crippen LogP contribution in [0.3, 0.4) is 0 Å². The highest BCUT2D eigenvalue weighted by molar-refractivity contribution is 7.98. The number of urea groups is 1. The fraction of sp³-hybridized carbons (Fsp3) is 0.300. The molecule has 0 aliphatic carbocycles. The summed E-state index contributed by atoms with van der Waals surface area (Å²) < 4.78 is 0. The largest absolute Gasteiger partial charge is 0.359 e. The third-order valence-corrected chi connectivity index (χ3v) is 5.09. The van der Waals surface area contributed by atoms with E-state index >= 15 is 0 Å². The molecule has 0 atom stereocenters. The second kappa shape index (κ2) is 9.87. The highest BCUT2D eigenvalue weighted by atomic mass is 32.2. The molecule has 0 aromatic heterocycles. The third-order valence-electron chi connectivity index (χ3n) is 3.94. The van der Waals surface area contributed by atoms with Gasteiger partial charge in [0.25, 0.3) is 0 Å². The van der Waals surface area contributed by atoms with Crippen molar-refractivity contribution in [1.82, 2.24) is 10.2 Å². The van der Waals surface area contributed by atoms with Gasteiger partial charge in [0.05, 0.1) is 5.69 Å². The number of amides is 3. The Labute approximate surface area is 159 Å². The summed E-state index contributed by atoms with van der Waals surface area (Å²) in [6.45, 7) is 2.44. The molecule has 0 unspecified atom stereocenters. The Morgan fingerprint density at radius 1 is 1.08 bits per heavy atom. The van der Waals surface area contributed by atoms with E-state index in [4.69, 9.17) is 0 Å². The molecule has 138 valence electrons. The maximum absolute atomic E-state index is 12.4. The smallest absolute Gasteiger partial charge is 0.321 e. The number of hydrogen-bond acceptors (Lipinski definition) is 3. The zero-order chi connectivity index (χ0) is 18.9. The molecule has 0 heterocycles. The van der Waals surface area contributed by atoms with Crippen LogP contribution in [0.25, 0.3) is 0 Å². The summed E-state index contributed by atoms with van der Waals surface area (Å²) in [6, 6.07) is 16.0. The molecule has 2 aromatic carbocycles. The minimum atomic E-state index is -0.225. The molecule has 0 saturated carbocycles. The molecular formula is C20H25N3O2S. The fourth-order valence-corrected chi connectivity index (χ4v) is 3.21. The van der Waals surface area contributed by atoms with Gasteiger partial charge in [-0.2, -0.15) is 0 Å². The summed E-state index contributed by atoms with van der Waals surface area (Å²) >= 11 is 1.68. The number of thioether (sulfide) groups is 1. The molecule has 0 saturated heterocycles. The Morgan fingerprint density at radius 2 is 1.77 bits per heavy atom. The lowest BCUT2D eigenvalue weighted by molar-refractivity contribution is -0.120. The Kier molecular flexibility index (Phi) is 7.53. The number of para-hydroxylation sites is 1. The number of carbonyl (C=O) groups excluding carboxylic acids is 2. The van der Waals surface area contributed by atoms with Gasteiger partial charge >= 0.3 is 6.03 Å². The van der Waals surface area contributed by atoms with Crippen LogP contribution in [0.15, 0.2) is 53.4 Å². The number of benzene rings is 2. The lowest BCUT2D eigenvalue weighted by Gasteiger charge is -2.19. The van der Waals surface area contributed by atoms with Gasteiger partial charge in [-0.3, -0.25) is 4.79 Å². The SMILES string of the molecule is CNC(=O)CCN(C)C(=O)Nc1ccccc1SCc1ccc(C)cc1. The van der Waals surface area contributed by atoms with Gasteiger partial charge in [0.2, 0.25) is 5.91 Å². The van der Waals surface area contributed by atoms with E-state index in [9.17, 15) is 9.59 Å². The van der Waals surface area contributed by atoms with E-state index in [2.05, 4.69) is 41.8 Å². The average molecular weight is 372 g/mol. The molecule has 0 radical (unpaired) electrons. The number of hydrogen-bond donors (Lipinski definition) is 2. The normalized spacial score (nSPS) is 10.3. The zero-order valence-corrected chi connectivity index (χ0v) is 16.2. The number of carbonyl (C=O) groups is 2. The molecule has 2 rings (SSSR count). The van der Waals surface area contributed by atoms with Crippen LogP contribution in [-0.4, -0.2) is 37.5 Å². The molecule has 2 N–H and O–H groups in total. The van der Waals surface area contributed by atoms with E-state index in [1.165, 1.54) is 16.0 Å². The summed E-state index contributed by atoms with van der Waals surface area (Å²) in [5.74, 6) is 0.748. The van der Waals surface area contributed by atoms with Crippen LogP contribution in [-0.2, 0) is 10.5 Å². The first-order valence-electron chi connectivity index (χ1n) is 8.49. The average Bonchev–Trinajstić information content (AvgIpc) is 2.66. The van der Waals surface area contributed by atoms with Crippen LogP contribution < -0.4 is 10.6 Å². The summed E-state index contributed by atoms with van der Waals surface area (Å²) in [5.41, 5.74) is 3.26. The number of rotatable bonds is 7. The molecule has 0 aliphatic rings. The van der Waals surface area contributed by atoms with Crippen LogP contribution in [0.5, 0.6) is 0 Å². The van der Waals surface area contributed by atoms with Crippen LogP contribution in [0, 0.1) is 6.92 Å². The van der Waals surface area contributed by atoms with Crippen molar-refractivity contribution in [3.8, 4) is 0 Å². The summed E-state index contributed by atoms with van der Waals surface area (Å²) in [4.78, 5) is 26.2. The maximum atomic E-state index is 12.4. The van der Waals surface area contributed by atoms with Gasteiger partial charge < -0.3 is 15.5 Å². The van der Waals surface area contributed by atoms with E-state index < -0.39 is 0 Å². The number of aryl methyl sites for hydroxylation is 1. The standard InChI is InChI=1S/C20H25N3O2S/c1-15-8-10-16(11-9-15)14-26-18-7-5-4-6-17(18)22-20(25)23(3)13-12-19(24)21-2/h4-11H,12-14H2,1-3H3,(H,21,24)(H,22,25). The Balaban J connectivity index is 1.96. The quantitative estimate of drug-likeness (QED) is 0.726. The van der Waals surface area contributed by atoms with Crippen molar-refractivity contribution in [1.29, 1.82) is 0 Å². The second-order valence-corrected chi connectivity index (χ2v) is 7.06. The summed E-state index contributed by atoms with van der Waals surface area (Å²) in [7, 11) is 3.27. The molecule has 0 bridgehead atoms. The molecular weight excluding hydrogens is 346 g/mol. The predicted octanol–water partition coefficient (Wildman–Crippen LogP) is 3.89. The number of nitrogens with one attached hydrogen (secondary N) is 2. The van der Waals surface area contributed by atoms with Crippen molar-refractivity contribution in [3.05, 3.63) is 59.7 Å². The second-order valence-electron chi connectivity index (χ2n) is 6.05. The summed E-state index contributed by atoms with van der Waals surface area (Å²) in [5, 5.41) is 5.49. The zero-order valence-electron chi connectivity index (χ0n) is 15.4. The van der Waals surface area contributed by atoms with Gasteiger partial charge in [-0.25, -0.2) is 4.79 Å². The first-order valence-corrected chi connectivity index (χ1v) is 9.48. The Bertz CT molecular complexity index is 747. The molecule has 0 fully saturated rings. The first-order chi connectivity index (χ1) is 12.5. The van der Waals surface area contributed by atoms with Gasteiger partial charge in [0.1, 0.15) is 0 Å². The van der Waals surface area contributed by atoms with Crippen LogP contribution >= 0.6 is 11.8 Å². The predicted molar refractivity (Wildman–Crippen MR) is 108 cm³/mol. The Hall–Kier alpha value is -2.47. The molecule has 26 heavy (non-hydrogen) atoms. The molecule has 0 aliphatic heterocycles. The third kappa shape index (κ3) is 6.11.